The number of hydrogen-bond acceptors (Lipinski definition) is 6. The number of aryl methyl sites for hydroxylation is 1. The second-order valence-electron chi connectivity index (χ2n) is 6.27. The van der Waals surface area contributed by atoms with Gasteiger partial charge in [0.25, 0.3) is 0 Å². The van der Waals surface area contributed by atoms with Crippen LogP contribution in [0.1, 0.15) is 22.6 Å². The Hall–Kier alpha value is -2.11. The molecule has 0 bridgehead atoms. The predicted molar refractivity (Wildman–Crippen MR) is 111 cm³/mol. The summed E-state index contributed by atoms with van der Waals surface area (Å²) in [5.41, 5.74) is 3.33. The SMILES string of the molecule is COP(=O)(OC)c1nc(Cc2ccc(Cl)cc2)oc1NCc1ccc(C)cc1. The van der Waals surface area contributed by atoms with Gasteiger partial charge < -0.3 is 18.8 Å². The average molecular weight is 421 g/mol. The number of halogens is 1. The van der Waals surface area contributed by atoms with E-state index in [0.717, 1.165) is 11.1 Å². The second-order valence-corrected chi connectivity index (χ2v) is 8.85. The summed E-state index contributed by atoms with van der Waals surface area (Å²) in [5, 5.41) is 3.81. The van der Waals surface area contributed by atoms with Gasteiger partial charge in [0.05, 0.1) is 0 Å². The summed E-state index contributed by atoms with van der Waals surface area (Å²) in [6.45, 7) is 2.51. The first-order chi connectivity index (χ1) is 13.4. The molecule has 0 saturated heterocycles. The van der Waals surface area contributed by atoms with Crippen LogP contribution in [0.15, 0.2) is 52.9 Å². The minimum Gasteiger partial charge on any atom is -0.424 e. The van der Waals surface area contributed by atoms with Crippen LogP contribution in [0.4, 0.5) is 5.88 Å². The Morgan fingerprint density at radius 1 is 1.04 bits per heavy atom. The Balaban J connectivity index is 1.87. The molecular weight excluding hydrogens is 399 g/mol. The molecule has 0 radical (unpaired) electrons. The molecule has 3 aromatic rings. The third kappa shape index (κ3) is 4.83. The van der Waals surface area contributed by atoms with Gasteiger partial charge in [0.15, 0.2) is 0 Å². The second kappa shape index (κ2) is 8.93. The fourth-order valence-electron chi connectivity index (χ4n) is 2.64. The smallest absolute Gasteiger partial charge is 0.384 e. The van der Waals surface area contributed by atoms with Gasteiger partial charge in [-0.15, -0.1) is 0 Å². The fraction of sp³-hybridized carbons (Fsp3) is 0.250. The van der Waals surface area contributed by atoms with Gasteiger partial charge in [0.1, 0.15) is 0 Å². The Morgan fingerprint density at radius 2 is 1.64 bits per heavy atom. The summed E-state index contributed by atoms with van der Waals surface area (Å²) < 4.78 is 29.0. The van der Waals surface area contributed by atoms with Crippen LogP contribution in [-0.2, 0) is 26.6 Å². The molecule has 0 atom stereocenters. The highest BCUT2D eigenvalue weighted by atomic mass is 35.5. The van der Waals surface area contributed by atoms with Crippen LogP contribution < -0.4 is 10.8 Å². The molecule has 1 aromatic heterocycles. The molecule has 0 fully saturated rings. The van der Waals surface area contributed by atoms with E-state index in [1.54, 1.807) is 12.1 Å². The van der Waals surface area contributed by atoms with Crippen molar-refractivity contribution in [2.24, 2.45) is 0 Å². The van der Waals surface area contributed by atoms with E-state index in [2.05, 4.69) is 10.3 Å². The molecule has 0 aliphatic rings. The van der Waals surface area contributed by atoms with Crippen molar-refractivity contribution >= 4 is 30.5 Å². The number of nitrogens with zero attached hydrogens (tertiary/aromatic N) is 1. The van der Waals surface area contributed by atoms with E-state index in [1.165, 1.54) is 19.8 Å². The van der Waals surface area contributed by atoms with Crippen molar-refractivity contribution in [2.45, 2.75) is 19.9 Å². The largest absolute Gasteiger partial charge is 0.424 e. The van der Waals surface area contributed by atoms with E-state index < -0.39 is 7.60 Å². The topological polar surface area (TPSA) is 73.6 Å². The lowest BCUT2D eigenvalue weighted by molar-refractivity contribution is 0.286. The van der Waals surface area contributed by atoms with Crippen molar-refractivity contribution in [3.63, 3.8) is 0 Å². The van der Waals surface area contributed by atoms with Gasteiger partial charge in [0, 0.05) is 32.2 Å². The molecule has 3 rings (SSSR count). The van der Waals surface area contributed by atoms with Gasteiger partial charge in [-0.2, -0.15) is 0 Å². The Labute approximate surface area is 169 Å². The lowest BCUT2D eigenvalue weighted by atomic mass is 10.1. The quantitative estimate of drug-likeness (QED) is 0.520. The number of nitrogens with one attached hydrogen (secondary N) is 1. The maximum absolute atomic E-state index is 12.9. The standard InChI is InChI=1S/C20H22ClN2O4P/c1-14-4-6-16(7-5-14)13-22-19-20(28(24,25-2)26-3)23-18(27-19)12-15-8-10-17(21)11-9-15/h4-11,22H,12-13H2,1-3H3. The lowest BCUT2D eigenvalue weighted by Gasteiger charge is -2.12. The lowest BCUT2D eigenvalue weighted by Crippen LogP contribution is -2.15. The Kier molecular flexibility index (Phi) is 6.57. The van der Waals surface area contributed by atoms with Crippen LogP contribution in [0.3, 0.4) is 0 Å². The highest BCUT2D eigenvalue weighted by molar-refractivity contribution is 7.62. The average Bonchev–Trinajstić information content (AvgIpc) is 3.12. The third-order valence-electron chi connectivity index (χ3n) is 4.24. The Bertz CT molecular complexity index is 963. The molecule has 8 heteroatoms. The zero-order valence-electron chi connectivity index (χ0n) is 15.9. The van der Waals surface area contributed by atoms with Gasteiger partial charge in [-0.1, -0.05) is 53.6 Å². The van der Waals surface area contributed by atoms with E-state index in [9.17, 15) is 4.57 Å². The minimum atomic E-state index is -3.58. The van der Waals surface area contributed by atoms with Gasteiger partial charge in [-0.3, -0.25) is 4.57 Å². The molecule has 148 valence electrons. The Morgan fingerprint density at radius 3 is 2.25 bits per heavy atom. The third-order valence-corrected chi connectivity index (χ3v) is 6.27. The van der Waals surface area contributed by atoms with Crippen LogP contribution >= 0.6 is 19.2 Å². The number of oxazole rings is 1. The number of aromatic nitrogens is 1. The fourth-order valence-corrected chi connectivity index (χ4v) is 3.87. The first-order valence-corrected chi connectivity index (χ1v) is 10.6. The van der Waals surface area contributed by atoms with Crippen LogP contribution in [0.5, 0.6) is 0 Å². The molecule has 28 heavy (non-hydrogen) atoms. The van der Waals surface area contributed by atoms with Crippen molar-refractivity contribution in [3.05, 3.63) is 76.1 Å². The summed E-state index contributed by atoms with van der Waals surface area (Å²) in [5.74, 6) is 0.676. The first-order valence-electron chi connectivity index (χ1n) is 8.69. The molecule has 1 heterocycles. The summed E-state index contributed by atoms with van der Waals surface area (Å²) in [6.07, 6.45) is 0.420. The summed E-state index contributed by atoms with van der Waals surface area (Å²) in [4.78, 5) is 4.39. The number of anilines is 1. The number of benzene rings is 2. The number of hydrogen-bond donors (Lipinski definition) is 1. The normalized spacial score (nSPS) is 11.6. The van der Waals surface area contributed by atoms with Gasteiger partial charge in [-0.05, 0) is 30.2 Å². The minimum absolute atomic E-state index is 0.133. The van der Waals surface area contributed by atoms with E-state index in [-0.39, 0.29) is 11.3 Å². The van der Waals surface area contributed by atoms with E-state index in [0.29, 0.717) is 23.9 Å². The number of rotatable bonds is 8. The highest BCUT2D eigenvalue weighted by Crippen LogP contribution is 2.47. The van der Waals surface area contributed by atoms with Gasteiger partial charge in [0.2, 0.25) is 17.2 Å². The van der Waals surface area contributed by atoms with Gasteiger partial charge in [-0.25, -0.2) is 4.98 Å². The molecule has 2 aromatic carbocycles. The molecule has 0 aliphatic heterocycles. The van der Waals surface area contributed by atoms with Crippen molar-refractivity contribution in [1.29, 1.82) is 0 Å². The highest BCUT2D eigenvalue weighted by Gasteiger charge is 2.34. The zero-order chi connectivity index (χ0) is 20.1. The van der Waals surface area contributed by atoms with E-state index in [4.69, 9.17) is 25.1 Å². The monoisotopic (exact) mass is 420 g/mol. The molecule has 1 N–H and O–H groups in total. The molecule has 0 spiro atoms. The van der Waals surface area contributed by atoms with Crippen molar-refractivity contribution < 1.29 is 18.0 Å². The summed E-state index contributed by atoms with van der Waals surface area (Å²) in [7, 11) is -0.938. The van der Waals surface area contributed by atoms with Crippen molar-refractivity contribution in [2.75, 3.05) is 19.5 Å². The van der Waals surface area contributed by atoms with Crippen LogP contribution in [0, 0.1) is 6.92 Å². The van der Waals surface area contributed by atoms with Crippen LogP contribution in [0.2, 0.25) is 5.02 Å². The predicted octanol–water partition coefficient (Wildman–Crippen LogP) is 4.95. The van der Waals surface area contributed by atoms with E-state index in [1.807, 2.05) is 43.3 Å². The molecule has 0 saturated carbocycles. The van der Waals surface area contributed by atoms with Gasteiger partial charge >= 0.3 is 7.60 Å². The molecule has 0 aliphatic carbocycles. The zero-order valence-corrected chi connectivity index (χ0v) is 17.6. The maximum Gasteiger partial charge on any atom is 0.384 e. The molecule has 6 nitrogen and oxygen atoms in total. The maximum atomic E-state index is 12.9. The molecule has 0 unspecified atom stereocenters. The van der Waals surface area contributed by atoms with Crippen LogP contribution in [0.25, 0.3) is 0 Å². The van der Waals surface area contributed by atoms with Crippen LogP contribution in [-0.4, -0.2) is 19.2 Å². The van der Waals surface area contributed by atoms with Crippen molar-refractivity contribution in [1.82, 2.24) is 4.98 Å². The summed E-state index contributed by atoms with van der Waals surface area (Å²) >= 11 is 5.93. The van der Waals surface area contributed by atoms with Crippen molar-refractivity contribution in [3.8, 4) is 0 Å². The summed E-state index contributed by atoms with van der Waals surface area (Å²) in [6, 6.07) is 15.5. The first kappa shape index (κ1) is 20.6. The van der Waals surface area contributed by atoms with E-state index >= 15 is 0 Å². The molecule has 0 amide bonds. The molecular formula is C20H22ClN2O4P.